The van der Waals surface area contributed by atoms with Gasteiger partial charge in [-0.25, -0.2) is 0 Å². The first-order valence-electron chi connectivity index (χ1n) is 10.8. The van der Waals surface area contributed by atoms with Crippen LogP contribution in [0.15, 0.2) is 48.5 Å². The van der Waals surface area contributed by atoms with E-state index in [-0.39, 0.29) is 11.8 Å². The fraction of sp³-hybridized carbons (Fsp3) is 0.320. The van der Waals surface area contributed by atoms with Crippen LogP contribution in [0.2, 0.25) is 5.02 Å². The molecule has 32 heavy (non-hydrogen) atoms. The van der Waals surface area contributed by atoms with Crippen LogP contribution in [-0.2, 0) is 28.1 Å². The van der Waals surface area contributed by atoms with Gasteiger partial charge in [0, 0.05) is 60.3 Å². The number of unbranched alkanes of at least 4 members (excludes halogenated alkanes) is 1. The first-order chi connectivity index (χ1) is 15.4. The van der Waals surface area contributed by atoms with Crippen LogP contribution in [0.4, 0.5) is 5.69 Å². The summed E-state index contributed by atoms with van der Waals surface area (Å²) in [6, 6.07) is 18.0. The second-order valence-corrected chi connectivity index (χ2v) is 9.05. The highest BCUT2D eigenvalue weighted by Gasteiger charge is 2.58. The molecule has 0 aliphatic carbocycles. The second kappa shape index (κ2) is 7.68. The predicted octanol–water partition coefficient (Wildman–Crippen LogP) is 4.25. The van der Waals surface area contributed by atoms with E-state index < -0.39 is 5.41 Å². The van der Waals surface area contributed by atoms with E-state index in [1.165, 1.54) is 0 Å². The Morgan fingerprint density at radius 1 is 1.19 bits per heavy atom. The first-order valence-corrected chi connectivity index (χ1v) is 11.1. The molecule has 1 spiro atoms. The van der Waals surface area contributed by atoms with Gasteiger partial charge >= 0.3 is 0 Å². The van der Waals surface area contributed by atoms with Crippen molar-refractivity contribution in [3.8, 4) is 6.07 Å². The van der Waals surface area contributed by atoms with Crippen molar-refractivity contribution in [1.29, 1.82) is 5.26 Å². The molecule has 3 aromatic rings. The molecule has 2 aliphatic heterocycles. The highest BCUT2D eigenvalue weighted by Crippen LogP contribution is 2.48. The number of aryl methyl sites for hydroxylation is 1. The Kier molecular flexibility index (Phi) is 4.94. The van der Waals surface area contributed by atoms with Crippen LogP contribution < -0.4 is 4.90 Å². The lowest BCUT2D eigenvalue weighted by atomic mass is 9.74. The number of halogens is 1. The van der Waals surface area contributed by atoms with E-state index in [1.807, 2.05) is 47.4 Å². The van der Waals surface area contributed by atoms with E-state index in [1.54, 1.807) is 11.8 Å². The smallest absolute Gasteiger partial charge is 0.241 e. The minimum absolute atomic E-state index is 0.00569. The number of carbonyl (C=O) groups excluding carboxylic acids is 2. The van der Waals surface area contributed by atoms with Crippen LogP contribution >= 0.6 is 11.6 Å². The molecule has 0 N–H and O–H groups in total. The molecule has 162 valence electrons. The maximum atomic E-state index is 13.7. The summed E-state index contributed by atoms with van der Waals surface area (Å²) < 4.78 is 2.19. The molecule has 5 rings (SSSR count). The van der Waals surface area contributed by atoms with Gasteiger partial charge in [-0.3, -0.25) is 9.59 Å². The number of benzene rings is 2. The van der Waals surface area contributed by atoms with Crippen LogP contribution in [0.25, 0.3) is 10.9 Å². The van der Waals surface area contributed by atoms with E-state index in [4.69, 9.17) is 16.9 Å². The molecule has 3 heterocycles. The third-order valence-corrected chi connectivity index (χ3v) is 6.91. The summed E-state index contributed by atoms with van der Waals surface area (Å²) in [6.07, 6.45) is 1.21. The molecule has 1 aromatic heterocycles. The lowest BCUT2D eigenvalue weighted by Gasteiger charge is -2.46. The van der Waals surface area contributed by atoms with Crippen molar-refractivity contribution in [2.45, 2.75) is 38.3 Å². The van der Waals surface area contributed by atoms with Crippen LogP contribution in [-0.4, -0.2) is 34.4 Å². The normalized spacial score (nSPS) is 16.3. The number of nitriles is 1. The molecule has 2 aromatic carbocycles. The molecular formula is C25H23ClN4O2. The van der Waals surface area contributed by atoms with Crippen molar-refractivity contribution < 1.29 is 9.59 Å². The monoisotopic (exact) mass is 446 g/mol. The van der Waals surface area contributed by atoms with Gasteiger partial charge < -0.3 is 14.4 Å². The third kappa shape index (κ3) is 3.08. The Morgan fingerprint density at radius 2 is 1.97 bits per heavy atom. The minimum Gasteiger partial charge on any atom is -0.343 e. The Bertz CT molecular complexity index is 1280. The number of carbonyl (C=O) groups is 2. The lowest BCUT2D eigenvalue weighted by Crippen LogP contribution is -2.64. The van der Waals surface area contributed by atoms with Crippen molar-refractivity contribution in [3.63, 3.8) is 0 Å². The van der Waals surface area contributed by atoms with Gasteiger partial charge in [0.25, 0.3) is 0 Å². The van der Waals surface area contributed by atoms with Gasteiger partial charge in [0.05, 0.1) is 12.6 Å². The summed E-state index contributed by atoms with van der Waals surface area (Å²) in [5.74, 6) is 0.0388. The van der Waals surface area contributed by atoms with Gasteiger partial charge in [-0.2, -0.15) is 5.26 Å². The molecule has 0 atom stereocenters. The van der Waals surface area contributed by atoms with Gasteiger partial charge in [0.2, 0.25) is 11.8 Å². The molecule has 7 heteroatoms. The summed E-state index contributed by atoms with van der Waals surface area (Å²) in [7, 11) is 0. The fourth-order valence-electron chi connectivity index (χ4n) is 5.06. The Hall–Kier alpha value is -3.30. The zero-order valence-corrected chi connectivity index (χ0v) is 18.6. The van der Waals surface area contributed by atoms with Crippen LogP contribution in [0.3, 0.4) is 0 Å². The molecule has 2 amide bonds. The van der Waals surface area contributed by atoms with Gasteiger partial charge in [-0.05, 0) is 42.3 Å². The average Bonchev–Trinajstić information content (AvgIpc) is 3.19. The number of anilines is 1. The average molecular weight is 447 g/mol. The quantitative estimate of drug-likeness (QED) is 0.550. The Morgan fingerprint density at radius 3 is 2.72 bits per heavy atom. The Balaban J connectivity index is 1.53. The molecule has 1 fully saturated rings. The Labute approximate surface area is 191 Å². The molecule has 6 nitrogen and oxygen atoms in total. The molecule has 0 saturated carbocycles. The molecule has 0 unspecified atom stereocenters. The highest BCUT2D eigenvalue weighted by molar-refractivity contribution is 6.31. The van der Waals surface area contributed by atoms with Gasteiger partial charge in [0.15, 0.2) is 0 Å². The first kappa shape index (κ1) is 20.6. The van der Waals surface area contributed by atoms with Crippen LogP contribution in [0, 0.1) is 11.3 Å². The fourth-order valence-corrected chi connectivity index (χ4v) is 5.24. The zero-order chi connectivity index (χ0) is 22.5. The summed E-state index contributed by atoms with van der Waals surface area (Å²) in [5.41, 5.74) is 3.31. The third-order valence-electron chi connectivity index (χ3n) is 6.67. The SMILES string of the molecule is CC(=O)N1CC2(C1)C(=O)N(Cc1cc3cc(Cl)ccc3n1CCCC#N)c1ccccc12. The number of para-hydroxylation sites is 1. The molecule has 0 radical (unpaired) electrons. The summed E-state index contributed by atoms with van der Waals surface area (Å²) in [5, 5.41) is 10.7. The van der Waals surface area contributed by atoms with Crippen LogP contribution in [0.5, 0.6) is 0 Å². The van der Waals surface area contributed by atoms with Gasteiger partial charge in [-0.1, -0.05) is 29.8 Å². The lowest BCUT2D eigenvalue weighted by molar-refractivity contribution is -0.142. The number of likely N-dealkylation sites (tertiary alicyclic amines) is 1. The van der Waals surface area contributed by atoms with Crippen molar-refractivity contribution in [2.75, 3.05) is 18.0 Å². The van der Waals surface area contributed by atoms with E-state index in [0.29, 0.717) is 37.6 Å². The zero-order valence-electron chi connectivity index (χ0n) is 17.8. The second-order valence-electron chi connectivity index (χ2n) is 8.62. The van der Waals surface area contributed by atoms with Crippen molar-refractivity contribution in [3.05, 3.63) is 64.8 Å². The number of nitrogens with zero attached hydrogens (tertiary/aromatic N) is 4. The van der Waals surface area contributed by atoms with Crippen LogP contribution in [0.1, 0.15) is 31.0 Å². The standard InChI is InChI=1S/C25H23ClN4O2/c1-17(31)28-15-25(16-28)21-6-2-3-7-23(21)30(24(25)32)14-20-13-18-12-19(26)8-9-22(18)29(20)11-5-4-10-27/h2-3,6-9,12-13H,4-5,11,14-16H2,1H3. The number of rotatable bonds is 5. The minimum atomic E-state index is -0.650. The number of aromatic nitrogens is 1. The maximum absolute atomic E-state index is 13.7. The van der Waals surface area contributed by atoms with Gasteiger partial charge in [-0.15, -0.1) is 0 Å². The molecule has 1 saturated heterocycles. The summed E-state index contributed by atoms with van der Waals surface area (Å²) in [6.45, 7) is 3.52. The predicted molar refractivity (Wildman–Crippen MR) is 123 cm³/mol. The van der Waals surface area contributed by atoms with Crippen molar-refractivity contribution >= 4 is 40.0 Å². The van der Waals surface area contributed by atoms with E-state index in [9.17, 15) is 9.59 Å². The van der Waals surface area contributed by atoms with Gasteiger partial charge in [0.1, 0.15) is 5.41 Å². The number of amides is 2. The topological polar surface area (TPSA) is 69.3 Å². The molecule has 0 bridgehead atoms. The number of hydrogen-bond acceptors (Lipinski definition) is 3. The summed E-state index contributed by atoms with van der Waals surface area (Å²) in [4.78, 5) is 29.1. The van der Waals surface area contributed by atoms with E-state index in [0.717, 1.165) is 34.3 Å². The van der Waals surface area contributed by atoms with Crippen molar-refractivity contribution in [2.24, 2.45) is 0 Å². The number of hydrogen-bond donors (Lipinski definition) is 0. The van der Waals surface area contributed by atoms with Crippen molar-refractivity contribution in [1.82, 2.24) is 9.47 Å². The van der Waals surface area contributed by atoms with E-state index in [2.05, 4.69) is 16.7 Å². The molecular weight excluding hydrogens is 424 g/mol. The number of fused-ring (bicyclic) bond motifs is 3. The highest BCUT2D eigenvalue weighted by atomic mass is 35.5. The van der Waals surface area contributed by atoms with E-state index >= 15 is 0 Å². The summed E-state index contributed by atoms with van der Waals surface area (Å²) >= 11 is 6.22. The maximum Gasteiger partial charge on any atom is 0.241 e. The largest absolute Gasteiger partial charge is 0.343 e. The molecule has 2 aliphatic rings.